The molecule has 29 heavy (non-hydrogen) atoms. The lowest BCUT2D eigenvalue weighted by molar-refractivity contribution is 0.291. The van der Waals surface area contributed by atoms with Crippen molar-refractivity contribution in [1.82, 2.24) is 0 Å². The third-order valence-electron chi connectivity index (χ3n) is 3.68. The van der Waals surface area contributed by atoms with E-state index < -0.39 is 17.9 Å². The number of hydrogen-bond acceptors (Lipinski definition) is 5. The highest BCUT2D eigenvalue weighted by molar-refractivity contribution is 7.85. The lowest BCUT2D eigenvalue weighted by Crippen LogP contribution is -2.03. The van der Waals surface area contributed by atoms with E-state index in [4.69, 9.17) is 13.6 Å². The predicted octanol–water partition coefficient (Wildman–Crippen LogP) is 5.48. The number of unbranched alkanes of at least 4 members (excludes halogenated alkanes) is 5. The van der Waals surface area contributed by atoms with Crippen LogP contribution in [0.2, 0.25) is 0 Å². The van der Waals surface area contributed by atoms with Crippen molar-refractivity contribution in [3.63, 3.8) is 0 Å². The molecule has 0 amide bonds. The quantitative estimate of drug-likeness (QED) is 0.268. The Bertz CT molecular complexity index is 781. The first kappa shape index (κ1) is 25.2. The highest BCUT2D eigenvalue weighted by Crippen LogP contribution is 2.44. The number of phosphoric acid groups is 1. The molecule has 0 fully saturated rings. The van der Waals surface area contributed by atoms with Crippen molar-refractivity contribution in [2.24, 2.45) is 0 Å². The van der Waals surface area contributed by atoms with E-state index in [1.54, 1.807) is 60.7 Å². The second-order valence-corrected chi connectivity index (χ2v) is 9.21. The number of para-hydroxylation sites is 2. The average molecular weight is 444 g/mol. The third-order valence-corrected chi connectivity index (χ3v) is 5.37. The van der Waals surface area contributed by atoms with Gasteiger partial charge in [0.1, 0.15) is 11.5 Å². The molecule has 0 aliphatic carbocycles. The van der Waals surface area contributed by atoms with Crippen LogP contribution in [0.3, 0.4) is 0 Å². The number of hydrogen-bond donors (Lipinski definition) is 2. The minimum absolute atomic E-state index is 0.0842. The van der Waals surface area contributed by atoms with Gasteiger partial charge in [0.2, 0.25) is 0 Å². The topological polar surface area (TPSA) is 110 Å². The summed E-state index contributed by atoms with van der Waals surface area (Å²) in [7, 11) is -7.85. The summed E-state index contributed by atoms with van der Waals surface area (Å²) in [6.45, 7) is 2.14. The first-order valence-electron chi connectivity index (χ1n) is 9.49. The number of rotatable bonds is 11. The molecule has 7 nitrogen and oxygen atoms in total. The molecule has 0 aliphatic heterocycles. The van der Waals surface area contributed by atoms with E-state index in [1.807, 2.05) is 0 Å². The van der Waals surface area contributed by atoms with Gasteiger partial charge >= 0.3 is 7.82 Å². The van der Waals surface area contributed by atoms with Gasteiger partial charge in [-0.3, -0.25) is 9.45 Å². The molecule has 0 atom stereocenters. The summed E-state index contributed by atoms with van der Waals surface area (Å²) in [6.07, 6.45) is 6.14. The molecule has 0 aliphatic rings. The Morgan fingerprint density at radius 3 is 1.62 bits per heavy atom. The lowest BCUT2D eigenvalue weighted by atomic mass is 10.1. The smallest absolute Gasteiger partial charge is 0.395 e. The highest BCUT2D eigenvalue weighted by atomic mass is 32.2. The van der Waals surface area contributed by atoms with Crippen LogP contribution in [0.5, 0.6) is 11.5 Å². The van der Waals surface area contributed by atoms with E-state index >= 15 is 0 Å². The summed E-state index contributed by atoms with van der Waals surface area (Å²) in [4.78, 5) is 9.53. The van der Waals surface area contributed by atoms with E-state index in [0.717, 1.165) is 12.8 Å². The van der Waals surface area contributed by atoms with Crippen LogP contribution in [0, 0.1) is 0 Å². The first-order valence-corrected chi connectivity index (χ1v) is 12.6. The molecule has 2 rings (SSSR count). The van der Waals surface area contributed by atoms with E-state index in [1.165, 1.54) is 19.3 Å². The normalized spacial score (nSPS) is 11.3. The largest absolute Gasteiger partial charge is 0.584 e. The van der Waals surface area contributed by atoms with Gasteiger partial charge in [0.05, 0.1) is 5.75 Å². The van der Waals surface area contributed by atoms with Crippen molar-refractivity contribution < 1.29 is 31.5 Å². The zero-order valence-corrected chi connectivity index (χ0v) is 18.2. The number of phosphoric ester groups is 1. The Kier molecular flexibility index (Phi) is 11.6. The zero-order valence-electron chi connectivity index (χ0n) is 16.5. The Hall–Kier alpha value is -1.86. The first-order chi connectivity index (χ1) is 13.7. The predicted molar refractivity (Wildman–Crippen MR) is 114 cm³/mol. The van der Waals surface area contributed by atoms with Crippen molar-refractivity contribution in [2.75, 3.05) is 5.75 Å². The minimum Gasteiger partial charge on any atom is -0.395 e. The Labute approximate surface area is 173 Å². The third kappa shape index (κ3) is 13.9. The SMILES string of the molecule is CCCCCCCCS(=O)(=O)O.O=P(O)(Oc1ccccc1)Oc1ccccc1. The maximum absolute atomic E-state index is 11.7. The zero-order chi connectivity index (χ0) is 21.6. The summed E-state index contributed by atoms with van der Waals surface area (Å²) >= 11 is 0. The summed E-state index contributed by atoms with van der Waals surface area (Å²) < 4.78 is 50.4. The minimum atomic E-state index is -4.14. The molecule has 0 unspecified atom stereocenters. The summed E-state index contributed by atoms with van der Waals surface area (Å²) in [6, 6.07) is 16.7. The molecule has 2 aromatic carbocycles. The molecular formula is C20H29O7PS. The van der Waals surface area contributed by atoms with Gasteiger partial charge in [-0.15, -0.1) is 0 Å². The maximum atomic E-state index is 11.7. The molecule has 9 heteroatoms. The van der Waals surface area contributed by atoms with E-state index in [-0.39, 0.29) is 17.3 Å². The van der Waals surface area contributed by atoms with Crippen LogP contribution in [-0.2, 0) is 14.7 Å². The van der Waals surface area contributed by atoms with Crippen LogP contribution in [-0.4, -0.2) is 23.6 Å². The molecule has 0 spiro atoms. The van der Waals surface area contributed by atoms with Gasteiger partial charge in [-0.1, -0.05) is 75.4 Å². The van der Waals surface area contributed by atoms with Crippen LogP contribution in [0.15, 0.2) is 60.7 Å². The lowest BCUT2D eigenvalue weighted by Gasteiger charge is -2.13. The Balaban J connectivity index is 0.000000311. The van der Waals surface area contributed by atoms with Gasteiger partial charge in [-0.25, -0.2) is 4.57 Å². The fourth-order valence-corrected chi connectivity index (χ4v) is 3.69. The van der Waals surface area contributed by atoms with Crippen molar-refractivity contribution in [3.8, 4) is 11.5 Å². The molecule has 0 saturated heterocycles. The maximum Gasteiger partial charge on any atom is 0.584 e. The average Bonchev–Trinajstić information content (AvgIpc) is 2.65. The van der Waals surface area contributed by atoms with Crippen LogP contribution in [0.4, 0.5) is 0 Å². The molecule has 0 aromatic heterocycles. The fraction of sp³-hybridized carbons (Fsp3) is 0.400. The fourth-order valence-electron chi connectivity index (χ4n) is 2.31. The summed E-state index contributed by atoms with van der Waals surface area (Å²) in [5.74, 6) is 0.489. The number of benzene rings is 2. The molecular weight excluding hydrogens is 415 g/mol. The van der Waals surface area contributed by atoms with Crippen LogP contribution in [0.25, 0.3) is 0 Å². The van der Waals surface area contributed by atoms with Gasteiger partial charge < -0.3 is 9.05 Å². The van der Waals surface area contributed by atoms with E-state index in [9.17, 15) is 17.9 Å². The molecule has 2 aromatic rings. The van der Waals surface area contributed by atoms with Crippen molar-refractivity contribution in [2.45, 2.75) is 45.4 Å². The molecule has 2 N–H and O–H groups in total. The monoisotopic (exact) mass is 444 g/mol. The highest BCUT2D eigenvalue weighted by Gasteiger charge is 2.24. The second kappa shape index (κ2) is 13.4. The van der Waals surface area contributed by atoms with Crippen LogP contribution < -0.4 is 9.05 Å². The van der Waals surface area contributed by atoms with Gasteiger partial charge in [0, 0.05) is 0 Å². The van der Waals surface area contributed by atoms with Crippen molar-refractivity contribution in [1.29, 1.82) is 0 Å². The molecule has 0 heterocycles. The Morgan fingerprint density at radius 2 is 1.21 bits per heavy atom. The summed E-state index contributed by atoms with van der Waals surface area (Å²) in [5, 5.41) is 0. The molecule has 0 radical (unpaired) electrons. The van der Waals surface area contributed by atoms with Crippen LogP contribution >= 0.6 is 7.82 Å². The van der Waals surface area contributed by atoms with Gasteiger partial charge in [0.15, 0.2) is 0 Å². The Morgan fingerprint density at radius 1 is 0.793 bits per heavy atom. The molecule has 162 valence electrons. The van der Waals surface area contributed by atoms with E-state index in [2.05, 4.69) is 6.92 Å². The van der Waals surface area contributed by atoms with Crippen molar-refractivity contribution >= 4 is 17.9 Å². The standard InChI is InChI=1S/C12H11O4P.C8H18O3S/c13-17(14,15-11-7-3-1-4-8-11)16-12-9-5-2-6-10-12;1-2-3-4-5-6-7-8-12(9,10)11/h1-10H,(H,13,14);2-8H2,1H3,(H,9,10,11). The van der Waals surface area contributed by atoms with Gasteiger partial charge in [-0.2, -0.15) is 8.42 Å². The van der Waals surface area contributed by atoms with Gasteiger partial charge in [0.25, 0.3) is 10.1 Å². The van der Waals surface area contributed by atoms with Gasteiger partial charge in [-0.05, 0) is 30.7 Å². The van der Waals surface area contributed by atoms with Crippen LogP contribution in [0.1, 0.15) is 45.4 Å². The molecule has 0 bridgehead atoms. The second-order valence-electron chi connectivity index (χ2n) is 6.33. The van der Waals surface area contributed by atoms with Crippen molar-refractivity contribution in [3.05, 3.63) is 60.7 Å². The van der Waals surface area contributed by atoms with E-state index in [0.29, 0.717) is 6.42 Å². The molecule has 0 saturated carbocycles. The summed E-state index contributed by atoms with van der Waals surface area (Å²) in [5.41, 5.74) is 0.